The van der Waals surface area contributed by atoms with Crippen LogP contribution in [0.4, 0.5) is 5.69 Å². The van der Waals surface area contributed by atoms with Gasteiger partial charge in [0.05, 0.1) is 17.9 Å². The molecular weight excluding hydrogens is 370 g/mol. The first-order chi connectivity index (χ1) is 14.1. The number of benzene rings is 1. The third kappa shape index (κ3) is 5.19. The Bertz CT molecular complexity index is 889. The van der Waals surface area contributed by atoms with E-state index in [4.69, 9.17) is 4.74 Å². The van der Waals surface area contributed by atoms with Crippen molar-refractivity contribution in [3.63, 3.8) is 0 Å². The van der Waals surface area contributed by atoms with Gasteiger partial charge in [-0.05, 0) is 44.0 Å². The van der Waals surface area contributed by atoms with E-state index in [1.807, 2.05) is 4.90 Å². The highest BCUT2D eigenvalue weighted by atomic mass is 16.5. The lowest BCUT2D eigenvalue weighted by atomic mass is 10.1. The third-order valence-corrected chi connectivity index (χ3v) is 4.80. The molecule has 3 rings (SSSR count). The van der Waals surface area contributed by atoms with Crippen molar-refractivity contribution in [1.82, 2.24) is 9.88 Å². The Kier molecular flexibility index (Phi) is 6.94. The molecule has 0 aliphatic carbocycles. The molecule has 1 aliphatic rings. The maximum Gasteiger partial charge on any atom is 0.340 e. The van der Waals surface area contributed by atoms with Gasteiger partial charge in [0.2, 0.25) is 0 Å². The first kappa shape index (κ1) is 20.5. The number of esters is 1. The van der Waals surface area contributed by atoms with E-state index in [1.165, 1.54) is 12.3 Å². The van der Waals surface area contributed by atoms with Crippen LogP contribution in [-0.4, -0.2) is 47.4 Å². The standard InChI is InChI=1S/C22H25N3O4/c1-2-29-22(28)17-9-5-6-10-18(17)24-20(26)19-15-16(11-12-23-19)21(27)25-13-7-3-4-8-14-25/h5-6,9-12,15H,2-4,7-8,13-14H2,1H3,(H,24,26). The van der Waals surface area contributed by atoms with Crippen LogP contribution in [0.15, 0.2) is 42.6 Å². The van der Waals surface area contributed by atoms with Gasteiger partial charge in [-0.15, -0.1) is 0 Å². The van der Waals surface area contributed by atoms with Crippen LogP contribution in [0.2, 0.25) is 0 Å². The van der Waals surface area contributed by atoms with Gasteiger partial charge in [-0.25, -0.2) is 4.79 Å². The first-order valence-corrected chi connectivity index (χ1v) is 9.93. The molecule has 152 valence electrons. The summed E-state index contributed by atoms with van der Waals surface area (Å²) in [6.07, 6.45) is 5.71. The molecule has 7 nitrogen and oxygen atoms in total. The van der Waals surface area contributed by atoms with Crippen molar-refractivity contribution in [1.29, 1.82) is 0 Å². The highest BCUT2D eigenvalue weighted by Crippen LogP contribution is 2.18. The highest BCUT2D eigenvalue weighted by Gasteiger charge is 2.20. The Labute approximate surface area is 170 Å². The lowest BCUT2D eigenvalue weighted by Crippen LogP contribution is -2.32. The van der Waals surface area contributed by atoms with E-state index in [2.05, 4.69) is 10.3 Å². The molecule has 0 radical (unpaired) electrons. The van der Waals surface area contributed by atoms with Crippen molar-refractivity contribution in [2.45, 2.75) is 32.6 Å². The number of rotatable bonds is 5. The minimum atomic E-state index is -0.513. The van der Waals surface area contributed by atoms with Crippen LogP contribution in [0.5, 0.6) is 0 Å². The number of nitrogens with one attached hydrogen (secondary N) is 1. The van der Waals surface area contributed by atoms with Crippen LogP contribution in [0.1, 0.15) is 63.8 Å². The van der Waals surface area contributed by atoms with Crippen LogP contribution in [0, 0.1) is 0 Å². The van der Waals surface area contributed by atoms with Crippen LogP contribution in [0.3, 0.4) is 0 Å². The second-order valence-electron chi connectivity index (χ2n) is 6.86. The van der Waals surface area contributed by atoms with E-state index in [9.17, 15) is 14.4 Å². The van der Waals surface area contributed by atoms with E-state index in [0.717, 1.165) is 38.8 Å². The van der Waals surface area contributed by atoms with E-state index in [0.29, 0.717) is 11.3 Å². The fourth-order valence-corrected chi connectivity index (χ4v) is 3.31. The summed E-state index contributed by atoms with van der Waals surface area (Å²) >= 11 is 0. The largest absolute Gasteiger partial charge is 0.462 e. The van der Waals surface area contributed by atoms with Gasteiger partial charge in [-0.2, -0.15) is 0 Å². The fourth-order valence-electron chi connectivity index (χ4n) is 3.31. The summed E-state index contributed by atoms with van der Waals surface area (Å²) in [5.74, 6) is -1.09. The maximum absolute atomic E-state index is 12.8. The molecule has 2 aromatic rings. The van der Waals surface area contributed by atoms with Crippen molar-refractivity contribution in [2.24, 2.45) is 0 Å². The van der Waals surface area contributed by atoms with E-state index in [1.54, 1.807) is 37.3 Å². The molecule has 1 fully saturated rings. The zero-order chi connectivity index (χ0) is 20.6. The van der Waals surface area contributed by atoms with Gasteiger partial charge in [0.15, 0.2) is 0 Å². The smallest absolute Gasteiger partial charge is 0.340 e. The van der Waals surface area contributed by atoms with Gasteiger partial charge in [0.1, 0.15) is 5.69 Å². The molecule has 0 bridgehead atoms. The zero-order valence-electron chi connectivity index (χ0n) is 16.5. The number of ether oxygens (including phenoxy) is 1. The summed E-state index contributed by atoms with van der Waals surface area (Å²) < 4.78 is 5.03. The van der Waals surface area contributed by atoms with Crippen LogP contribution in [0.25, 0.3) is 0 Å². The van der Waals surface area contributed by atoms with E-state index >= 15 is 0 Å². The quantitative estimate of drug-likeness (QED) is 0.783. The second kappa shape index (κ2) is 9.82. The Balaban J connectivity index is 1.76. The monoisotopic (exact) mass is 395 g/mol. The molecule has 2 heterocycles. The molecule has 0 unspecified atom stereocenters. The Hall–Kier alpha value is -3.22. The molecule has 0 spiro atoms. The summed E-state index contributed by atoms with van der Waals surface area (Å²) in [6.45, 7) is 3.42. The molecule has 0 saturated carbocycles. The fraction of sp³-hybridized carbons (Fsp3) is 0.364. The Morgan fingerprint density at radius 2 is 1.79 bits per heavy atom. The summed E-state index contributed by atoms with van der Waals surface area (Å²) in [5.41, 5.74) is 1.15. The number of hydrogen-bond donors (Lipinski definition) is 1. The van der Waals surface area contributed by atoms with Crippen molar-refractivity contribution < 1.29 is 19.1 Å². The predicted octanol–water partition coefficient (Wildman–Crippen LogP) is 3.53. The third-order valence-electron chi connectivity index (χ3n) is 4.80. The number of nitrogens with zero attached hydrogens (tertiary/aromatic N) is 2. The average molecular weight is 395 g/mol. The van der Waals surface area contributed by atoms with Crippen molar-refractivity contribution >= 4 is 23.5 Å². The van der Waals surface area contributed by atoms with Crippen LogP contribution >= 0.6 is 0 Å². The topological polar surface area (TPSA) is 88.6 Å². The van der Waals surface area contributed by atoms with Gasteiger partial charge in [-0.1, -0.05) is 25.0 Å². The van der Waals surface area contributed by atoms with Gasteiger partial charge in [-0.3, -0.25) is 14.6 Å². The molecule has 0 atom stereocenters. The number of anilines is 1. The Morgan fingerprint density at radius 1 is 1.07 bits per heavy atom. The number of likely N-dealkylation sites (tertiary alicyclic amines) is 1. The highest BCUT2D eigenvalue weighted by molar-refractivity contribution is 6.08. The normalized spacial score (nSPS) is 14.0. The summed E-state index contributed by atoms with van der Waals surface area (Å²) in [6, 6.07) is 9.73. The summed E-state index contributed by atoms with van der Waals surface area (Å²) in [5, 5.41) is 2.69. The Morgan fingerprint density at radius 3 is 2.52 bits per heavy atom. The lowest BCUT2D eigenvalue weighted by molar-refractivity contribution is 0.0527. The molecule has 7 heteroatoms. The molecule has 1 saturated heterocycles. The SMILES string of the molecule is CCOC(=O)c1ccccc1NC(=O)c1cc(C(=O)N2CCCCCC2)ccn1. The number of amides is 2. The number of carbonyl (C=O) groups is 3. The van der Waals surface area contributed by atoms with E-state index in [-0.39, 0.29) is 23.8 Å². The minimum absolute atomic E-state index is 0.0877. The molecular formula is C22H25N3O4. The number of aromatic nitrogens is 1. The molecule has 1 aliphatic heterocycles. The van der Waals surface area contributed by atoms with Gasteiger partial charge < -0.3 is 15.0 Å². The minimum Gasteiger partial charge on any atom is -0.462 e. The summed E-state index contributed by atoms with van der Waals surface area (Å²) in [4.78, 5) is 43.5. The van der Waals surface area contributed by atoms with Crippen molar-refractivity contribution in [2.75, 3.05) is 25.0 Å². The second-order valence-corrected chi connectivity index (χ2v) is 6.86. The number of pyridine rings is 1. The van der Waals surface area contributed by atoms with Gasteiger partial charge >= 0.3 is 5.97 Å². The van der Waals surface area contributed by atoms with Crippen LogP contribution in [-0.2, 0) is 4.74 Å². The van der Waals surface area contributed by atoms with Crippen molar-refractivity contribution in [3.8, 4) is 0 Å². The van der Waals surface area contributed by atoms with E-state index < -0.39 is 11.9 Å². The first-order valence-electron chi connectivity index (χ1n) is 9.93. The number of para-hydroxylation sites is 1. The van der Waals surface area contributed by atoms with Crippen molar-refractivity contribution in [3.05, 3.63) is 59.4 Å². The number of hydrogen-bond acceptors (Lipinski definition) is 5. The lowest BCUT2D eigenvalue weighted by Gasteiger charge is -2.20. The molecule has 2 amide bonds. The zero-order valence-corrected chi connectivity index (χ0v) is 16.5. The molecule has 1 N–H and O–H groups in total. The maximum atomic E-state index is 12.8. The van der Waals surface area contributed by atoms with Gasteiger partial charge in [0, 0.05) is 24.8 Å². The summed E-state index contributed by atoms with van der Waals surface area (Å²) in [7, 11) is 0. The number of carbonyl (C=O) groups excluding carboxylic acids is 3. The molecule has 29 heavy (non-hydrogen) atoms. The molecule has 1 aromatic carbocycles. The molecule has 1 aromatic heterocycles. The van der Waals surface area contributed by atoms with Crippen LogP contribution < -0.4 is 5.32 Å². The predicted molar refractivity (Wildman–Crippen MR) is 109 cm³/mol. The van der Waals surface area contributed by atoms with Gasteiger partial charge in [0.25, 0.3) is 11.8 Å². The average Bonchev–Trinajstić information content (AvgIpc) is 3.03.